The summed E-state index contributed by atoms with van der Waals surface area (Å²) >= 11 is 0. The summed E-state index contributed by atoms with van der Waals surface area (Å²) in [6, 6.07) is 0. The van der Waals surface area contributed by atoms with Crippen molar-refractivity contribution < 1.29 is 166 Å². The molecule has 6 heterocycles. The van der Waals surface area contributed by atoms with E-state index in [-0.39, 0.29) is 39.9 Å². The first-order valence-corrected chi connectivity index (χ1v) is 30.6. The van der Waals surface area contributed by atoms with E-state index in [0.717, 1.165) is 40.1 Å². The number of rotatable bonds is 25. The zero-order valence-electron chi connectivity index (χ0n) is 52.9. The third kappa shape index (κ3) is 17.1. The quantitative estimate of drug-likeness (QED) is 0.0232. The third-order valence-corrected chi connectivity index (χ3v) is 18.1. The molecular formula is C61H86O34. The van der Waals surface area contributed by atoms with Crippen molar-refractivity contribution in [3.05, 3.63) is 70.5 Å². The molecule has 4 fully saturated rings. The van der Waals surface area contributed by atoms with Crippen molar-refractivity contribution in [3.8, 4) is 0 Å². The molecule has 1 aliphatic carbocycles. The van der Waals surface area contributed by atoms with Gasteiger partial charge in [0.15, 0.2) is 18.9 Å². The Morgan fingerprint density at radius 1 is 0.495 bits per heavy atom. The van der Waals surface area contributed by atoms with E-state index in [1.165, 1.54) is 39.0 Å². The number of hydrogen-bond acceptors (Lipinski definition) is 34. The maximum absolute atomic E-state index is 14.4. The molecular weight excluding hydrogens is 1280 g/mol. The first-order chi connectivity index (χ1) is 45.3. The van der Waals surface area contributed by atoms with Gasteiger partial charge in [0.05, 0.1) is 109 Å². The highest BCUT2D eigenvalue weighted by molar-refractivity contribution is 5.92. The van der Waals surface area contributed by atoms with Crippen LogP contribution in [0.4, 0.5) is 0 Å². The molecule has 1 saturated carbocycles. The molecule has 34 heteroatoms. The summed E-state index contributed by atoms with van der Waals surface area (Å²) in [6.45, 7) is 2.07. The van der Waals surface area contributed by atoms with Gasteiger partial charge in [0.1, 0.15) is 79.4 Å². The number of carbonyl (C=O) groups excluding carboxylic acids is 6. The predicted octanol–water partition coefficient (Wildman–Crippen LogP) is -4.59. The van der Waals surface area contributed by atoms with Crippen LogP contribution in [0.15, 0.2) is 70.5 Å². The Morgan fingerprint density at radius 3 is 1.15 bits per heavy atom. The first-order valence-electron chi connectivity index (χ1n) is 30.6. The molecule has 0 aromatic carbocycles. The van der Waals surface area contributed by atoms with Crippen molar-refractivity contribution in [2.24, 2.45) is 41.4 Å². The van der Waals surface area contributed by atoms with Gasteiger partial charge >= 0.3 is 35.8 Å². The molecule has 0 unspecified atom stereocenters. The number of ether oxygens (including phenoxy) is 15. The zero-order valence-corrected chi connectivity index (χ0v) is 52.9. The van der Waals surface area contributed by atoms with Gasteiger partial charge in [-0.3, -0.25) is 14.4 Å². The summed E-state index contributed by atoms with van der Waals surface area (Å²) in [4.78, 5) is 82.6. The summed E-state index contributed by atoms with van der Waals surface area (Å²) < 4.78 is 84.2. The SMILES string of the molecule is C/C=C1/[C@H](O[C@@H]2O[C@H](CO)[C@@H](O)[C@H](O)[C@H]2O)OC=C(C(=O)OC)[C@H]1CC(=O)OC[C@H](CO)[C@@H]1C[C@H](OC(=O)C[C@@H]2C(C(=O)OC)=CO[C@@H](O[C@@H]3O[C@H](CO)[C@@H](O)[C@H](O)[C@H]3O)/C2=C/C)[C@@H](C)[C@@H]1COC(=O)C[C@@H]1C(C(=O)OC)=CO[C@@H](O[C@@H]2O[C@H](CO)[C@@H](O)[C@H](O)[C@H]2O)/C1=C/C. The zero-order chi connectivity index (χ0) is 69.9. The molecule has 0 spiro atoms. The topological polar surface area (TPSA) is 504 Å². The predicted molar refractivity (Wildman–Crippen MR) is 308 cm³/mol. The maximum atomic E-state index is 14.4. The normalized spacial score (nSPS) is 38.8. The van der Waals surface area contributed by atoms with Crippen LogP contribution >= 0.6 is 0 Å². The number of methoxy groups -OCH3 is 3. The van der Waals surface area contributed by atoms with E-state index in [1.54, 1.807) is 6.92 Å². The van der Waals surface area contributed by atoms with Crippen molar-refractivity contribution in [2.45, 2.75) is 170 Å². The van der Waals surface area contributed by atoms with Gasteiger partial charge in [0.25, 0.3) is 0 Å². The summed E-state index contributed by atoms with van der Waals surface area (Å²) in [5.74, 6) is -12.8. The average Bonchev–Trinajstić information content (AvgIpc) is 1.09. The molecule has 6 aliphatic heterocycles. The Morgan fingerprint density at radius 2 is 0.832 bits per heavy atom. The van der Waals surface area contributed by atoms with Crippen LogP contribution in [0.5, 0.6) is 0 Å². The van der Waals surface area contributed by atoms with E-state index in [1.807, 2.05) is 0 Å². The molecule has 13 N–H and O–H groups in total. The number of esters is 6. The Labute approximate surface area is 543 Å². The van der Waals surface area contributed by atoms with Crippen molar-refractivity contribution in [1.29, 1.82) is 0 Å². The summed E-state index contributed by atoms with van der Waals surface area (Å²) in [5, 5.41) is 135. The smallest absolute Gasteiger partial charge is 0.337 e. The van der Waals surface area contributed by atoms with Crippen LogP contribution in [0.3, 0.4) is 0 Å². The molecule has 26 atom stereocenters. The second-order valence-electron chi connectivity index (χ2n) is 23.5. The maximum Gasteiger partial charge on any atom is 0.337 e. The number of hydrogen-bond donors (Lipinski definition) is 13. The second-order valence-corrected chi connectivity index (χ2v) is 23.5. The van der Waals surface area contributed by atoms with Gasteiger partial charge in [-0.2, -0.15) is 0 Å². The highest BCUT2D eigenvalue weighted by Gasteiger charge is 2.52. The lowest BCUT2D eigenvalue weighted by atomic mass is 9.82. The van der Waals surface area contributed by atoms with Crippen molar-refractivity contribution in [3.63, 3.8) is 0 Å². The largest absolute Gasteiger partial charge is 0.468 e. The molecule has 0 aromatic heterocycles. The van der Waals surface area contributed by atoms with E-state index in [2.05, 4.69) is 0 Å². The molecule has 0 amide bonds. The highest BCUT2D eigenvalue weighted by Crippen LogP contribution is 2.46. The van der Waals surface area contributed by atoms with Gasteiger partial charge < -0.3 is 137 Å². The fourth-order valence-electron chi connectivity index (χ4n) is 12.6. The van der Waals surface area contributed by atoms with Crippen LogP contribution in [0.2, 0.25) is 0 Å². The molecule has 534 valence electrons. The van der Waals surface area contributed by atoms with Gasteiger partial charge in [-0.1, -0.05) is 25.2 Å². The van der Waals surface area contributed by atoms with Gasteiger partial charge in [0.2, 0.25) is 18.9 Å². The third-order valence-electron chi connectivity index (χ3n) is 18.1. The molecule has 7 aliphatic rings. The van der Waals surface area contributed by atoms with Crippen LogP contribution in [0, 0.1) is 41.4 Å². The van der Waals surface area contributed by atoms with Crippen molar-refractivity contribution in [2.75, 3.05) is 61.0 Å². The number of carbonyl (C=O) groups is 6. The first kappa shape index (κ1) is 76.3. The van der Waals surface area contributed by atoms with E-state index in [9.17, 15) is 95.2 Å². The highest BCUT2D eigenvalue weighted by atomic mass is 16.8. The van der Waals surface area contributed by atoms with Crippen molar-refractivity contribution >= 4 is 35.8 Å². The van der Waals surface area contributed by atoms with Gasteiger partial charge in [-0.05, 0) is 39.0 Å². The number of aliphatic hydroxyl groups excluding tert-OH is 13. The van der Waals surface area contributed by atoms with Crippen LogP contribution < -0.4 is 0 Å². The fraction of sp³-hybridized carbons (Fsp3) is 0.705. The minimum absolute atomic E-state index is 0.0957. The van der Waals surface area contributed by atoms with E-state index in [4.69, 9.17) is 71.1 Å². The Kier molecular flexibility index (Phi) is 27.6. The van der Waals surface area contributed by atoms with Gasteiger partial charge in [-0.25, -0.2) is 14.4 Å². The van der Waals surface area contributed by atoms with Crippen molar-refractivity contribution in [1.82, 2.24) is 0 Å². The molecule has 0 aromatic rings. The number of allylic oxidation sites excluding steroid dienone is 3. The fourth-order valence-corrected chi connectivity index (χ4v) is 12.6. The van der Waals surface area contributed by atoms with Crippen LogP contribution in [-0.4, -0.2) is 280 Å². The molecule has 0 radical (unpaired) electrons. The lowest BCUT2D eigenvalue weighted by Crippen LogP contribution is -2.60. The summed E-state index contributed by atoms with van der Waals surface area (Å²) in [7, 11) is 3.22. The standard InChI is InChI=1S/C61H86O34/c1-8-26-30(34(53(78)81-5)21-86-56(26)93-59-50(75)47(72)44(69)38(16-63)90-59)12-41(66)84-19-25(15-62)29-11-37(89-43(68)14-32-28(10-3)58(88-23-36(32)55(80)83-7)95-61-52(77)49(74)46(71)40(18-65)92-61)24(4)33(29)20-85-42(67)13-31-27(9-2)57(87-22-35(31)54(79)82-6)94-60-51(76)48(73)45(70)39(17-64)91-60/h8-10,21-25,29-33,37-40,44-52,56-65,69-77H,11-20H2,1-7H3/b26-8+,27-9+,28-10+/t24-,25-,29-,30-,31-,32-,33-,37-,38+,39+,40+,44+,45+,46+,47-,48-,49-,50+,51+,52+,56-,57-,58-,59-,60-,61-/m0/s1. The average molecular weight is 1360 g/mol. The van der Waals surface area contributed by atoms with Crippen LogP contribution in [0.25, 0.3) is 0 Å². The minimum Gasteiger partial charge on any atom is -0.468 e. The molecule has 3 saturated heterocycles. The lowest BCUT2D eigenvalue weighted by molar-refractivity contribution is -0.327. The van der Waals surface area contributed by atoms with Crippen LogP contribution in [-0.2, 0) is 99.8 Å². The molecule has 95 heavy (non-hydrogen) atoms. The second kappa shape index (κ2) is 34.4. The molecule has 34 nitrogen and oxygen atoms in total. The van der Waals surface area contributed by atoms with E-state index >= 15 is 0 Å². The Bertz CT molecular complexity index is 2850. The monoisotopic (exact) mass is 1360 g/mol. The summed E-state index contributed by atoms with van der Waals surface area (Å²) in [5.41, 5.74) is -0.281. The van der Waals surface area contributed by atoms with E-state index in [0.29, 0.717) is 0 Å². The molecule has 7 rings (SSSR count). The Balaban J connectivity index is 1.13. The molecule has 0 bridgehead atoms. The van der Waals surface area contributed by atoms with Gasteiger partial charge in [-0.15, -0.1) is 0 Å². The minimum atomic E-state index is -1.88. The summed E-state index contributed by atoms with van der Waals surface area (Å²) in [6.07, 6.45) is -26.1. The van der Waals surface area contributed by atoms with Crippen LogP contribution in [0.1, 0.15) is 53.4 Å². The van der Waals surface area contributed by atoms with Gasteiger partial charge in [0, 0.05) is 52.9 Å². The Hall–Kier alpha value is -6.10. The number of aliphatic hydroxyl groups is 13. The lowest BCUT2D eigenvalue weighted by Gasteiger charge is -2.42. The van der Waals surface area contributed by atoms with E-state index < -0.39 is 253 Å².